The minimum Gasteiger partial charge on any atom is -0.493 e. The number of benzene rings is 2. The predicted octanol–water partition coefficient (Wildman–Crippen LogP) is 2.76. The van der Waals surface area contributed by atoms with E-state index in [9.17, 15) is 0 Å². The van der Waals surface area contributed by atoms with Crippen LogP contribution in [-0.2, 0) is 17.8 Å². The van der Waals surface area contributed by atoms with Crippen molar-refractivity contribution < 1.29 is 14.2 Å². The fourth-order valence-corrected chi connectivity index (χ4v) is 3.17. The third kappa shape index (κ3) is 6.40. The summed E-state index contributed by atoms with van der Waals surface area (Å²) in [6.07, 6.45) is 0. The van der Waals surface area contributed by atoms with Crippen LogP contribution in [0.25, 0.3) is 0 Å². The van der Waals surface area contributed by atoms with E-state index in [1.165, 1.54) is 11.3 Å². The lowest BCUT2D eigenvalue weighted by molar-refractivity contribution is 0.122. The molecule has 0 spiro atoms. The molecule has 29 heavy (non-hydrogen) atoms. The number of ether oxygens (including phenoxy) is 3. The van der Waals surface area contributed by atoms with Crippen LogP contribution in [0.1, 0.15) is 11.1 Å². The molecule has 0 unspecified atom stereocenters. The largest absolute Gasteiger partial charge is 0.493 e. The van der Waals surface area contributed by atoms with Crippen LogP contribution in [-0.4, -0.2) is 46.5 Å². The topological polar surface area (TPSA) is 81.3 Å². The smallest absolute Gasteiger partial charge is 0.189 e. The van der Waals surface area contributed by atoms with Crippen LogP contribution in [0, 0.1) is 0 Å². The van der Waals surface area contributed by atoms with Crippen molar-refractivity contribution in [1.29, 1.82) is 0 Å². The monoisotopic (exact) mass is 512 g/mol. The number of methoxy groups -OCH3 is 2. The number of hydrogen-bond acceptors (Lipinski definition) is 5. The average molecular weight is 512 g/mol. The Labute approximate surface area is 189 Å². The van der Waals surface area contributed by atoms with Gasteiger partial charge in [0.1, 0.15) is 0 Å². The van der Waals surface area contributed by atoms with Crippen molar-refractivity contribution in [2.24, 2.45) is 10.7 Å². The van der Waals surface area contributed by atoms with Gasteiger partial charge >= 0.3 is 0 Å². The Morgan fingerprint density at radius 2 is 1.83 bits per heavy atom. The molecular weight excluding hydrogens is 483 g/mol. The molecule has 158 valence electrons. The maximum atomic E-state index is 6.07. The number of guanidine groups is 1. The number of halogens is 1. The molecule has 0 bridgehead atoms. The average Bonchev–Trinajstić information content (AvgIpc) is 2.76. The summed E-state index contributed by atoms with van der Waals surface area (Å²) >= 11 is 0. The van der Waals surface area contributed by atoms with Crippen molar-refractivity contribution in [3.05, 3.63) is 53.6 Å². The van der Waals surface area contributed by atoms with Gasteiger partial charge in [-0.3, -0.25) is 0 Å². The lowest BCUT2D eigenvalue weighted by atomic mass is 10.1. The van der Waals surface area contributed by atoms with Gasteiger partial charge in [-0.05, 0) is 29.3 Å². The molecule has 0 saturated carbocycles. The molecule has 0 aromatic heterocycles. The first-order valence-electron chi connectivity index (χ1n) is 9.36. The van der Waals surface area contributed by atoms with Crippen molar-refractivity contribution in [2.75, 3.05) is 45.4 Å². The maximum Gasteiger partial charge on any atom is 0.189 e. The Kier molecular flexibility index (Phi) is 9.33. The number of aliphatic imine (C=N–C) groups is 1. The first-order valence-corrected chi connectivity index (χ1v) is 9.36. The molecule has 2 aromatic rings. The van der Waals surface area contributed by atoms with E-state index >= 15 is 0 Å². The van der Waals surface area contributed by atoms with Crippen molar-refractivity contribution in [3.8, 4) is 11.5 Å². The van der Waals surface area contributed by atoms with Crippen LogP contribution >= 0.6 is 24.0 Å². The number of nitrogens with two attached hydrogens (primary N) is 1. The molecule has 0 atom stereocenters. The number of nitrogens with zero attached hydrogens (tertiary/aromatic N) is 2. The number of anilines is 1. The van der Waals surface area contributed by atoms with E-state index in [1.54, 1.807) is 14.2 Å². The first-order chi connectivity index (χ1) is 13.7. The lowest BCUT2D eigenvalue weighted by Crippen LogP contribution is -2.37. The summed E-state index contributed by atoms with van der Waals surface area (Å²) in [7, 11) is 3.24. The molecule has 1 aliphatic heterocycles. The van der Waals surface area contributed by atoms with E-state index in [4.69, 9.17) is 19.9 Å². The lowest BCUT2D eigenvalue weighted by Gasteiger charge is -2.30. The molecule has 1 heterocycles. The zero-order valence-corrected chi connectivity index (χ0v) is 19.2. The summed E-state index contributed by atoms with van der Waals surface area (Å²) in [5, 5.41) is 3.21. The molecule has 1 saturated heterocycles. The second-order valence-corrected chi connectivity index (χ2v) is 6.47. The molecule has 3 rings (SSSR count). The summed E-state index contributed by atoms with van der Waals surface area (Å²) in [5.74, 6) is 1.79. The molecule has 0 radical (unpaired) electrons. The quantitative estimate of drug-likeness (QED) is 0.338. The number of rotatable bonds is 7. The van der Waals surface area contributed by atoms with E-state index in [0.29, 0.717) is 30.5 Å². The number of morpholine rings is 1. The summed E-state index contributed by atoms with van der Waals surface area (Å²) in [6, 6.07) is 14.1. The second kappa shape index (κ2) is 11.7. The molecule has 1 aliphatic rings. The molecule has 1 fully saturated rings. The highest BCUT2D eigenvalue weighted by Gasteiger charge is 2.14. The minimum absolute atomic E-state index is 0. The predicted molar refractivity (Wildman–Crippen MR) is 127 cm³/mol. The van der Waals surface area contributed by atoms with Crippen LogP contribution in [0.5, 0.6) is 11.5 Å². The maximum absolute atomic E-state index is 6.07. The Hall–Kier alpha value is -2.20. The third-order valence-electron chi connectivity index (χ3n) is 4.68. The van der Waals surface area contributed by atoms with Crippen molar-refractivity contribution in [2.45, 2.75) is 13.1 Å². The molecule has 0 aliphatic carbocycles. The third-order valence-corrected chi connectivity index (χ3v) is 4.68. The fourth-order valence-electron chi connectivity index (χ4n) is 3.17. The molecular formula is C21H29IN4O3. The van der Waals surface area contributed by atoms with Gasteiger partial charge in [0.15, 0.2) is 17.5 Å². The Bertz CT molecular complexity index is 810. The van der Waals surface area contributed by atoms with Crippen molar-refractivity contribution in [3.63, 3.8) is 0 Å². The van der Waals surface area contributed by atoms with Gasteiger partial charge in [0.25, 0.3) is 0 Å². The van der Waals surface area contributed by atoms with Gasteiger partial charge in [0.05, 0.1) is 34.0 Å². The Balaban J connectivity index is 0.00000300. The van der Waals surface area contributed by atoms with Gasteiger partial charge in [-0.15, -0.1) is 24.0 Å². The van der Waals surface area contributed by atoms with Crippen LogP contribution in [0.3, 0.4) is 0 Å². The summed E-state index contributed by atoms with van der Waals surface area (Å²) < 4.78 is 16.0. The Morgan fingerprint density at radius 3 is 2.55 bits per heavy atom. The highest BCUT2D eigenvalue weighted by atomic mass is 127. The highest BCUT2D eigenvalue weighted by Crippen LogP contribution is 2.27. The second-order valence-electron chi connectivity index (χ2n) is 6.47. The van der Waals surface area contributed by atoms with Crippen LogP contribution < -0.4 is 25.4 Å². The van der Waals surface area contributed by atoms with Crippen LogP contribution in [0.2, 0.25) is 0 Å². The fraction of sp³-hybridized carbons (Fsp3) is 0.381. The van der Waals surface area contributed by atoms with Gasteiger partial charge < -0.3 is 30.2 Å². The van der Waals surface area contributed by atoms with E-state index < -0.39 is 0 Å². The molecule has 8 heteroatoms. The zero-order valence-electron chi connectivity index (χ0n) is 16.9. The van der Waals surface area contributed by atoms with E-state index in [1.807, 2.05) is 24.3 Å². The van der Waals surface area contributed by atoms with Gasteiger partial charge in [0, 0.05) is 25.3 Å². The van der Waals surface area contributed by atoms with Crippen molar-refractivity contribution in [1.82, 2.24) is 5.32 Å². The summed E-state index contributed by atoms with van der Waals surface area (Å²) in [4.78, 5) is 6.78. The Morgan fingerprint density at radius 1 is 1.10 bits per heavy atom. The minimum atomic E-state index is 0. The zero-order chi connectivity index (χ0) is 19.8. The van der Waals surface area contributed by atoms with Gasteiger partial charge in [-0.2, -0.15) is 0 Å². The van der Waals surface area contributed by atoms with Gasteiger partial charge in [-0.25, -0.2) is 4.99 Å². The standard InChI is InChI=1S/C21H28N4O3.HI/c1-26-19-8-7-16(13-20(19)27-2)14-23-21(22)24-15-17-5-3-4-6-18(17)25-9-11-28-12-10-25;/h3-8,13H,9-12,14-15H2,1-2H3,(H3,22,23,24);1H. The van der Waals surface area contributed by atoms with Crippen molar-refractivity contribution >= 4 is 35.6 Å². The van der Waals surface area contributed by atoms with Crippen LogP contribution in [0.15, 0.2) is 47.5 Å². The summed E-state index contributed by atoms with van der Waals surface area (Å²) in [6.45, 7) is 4.41. The summed E-state index contributed by atoms with van der Waals surface area (Å²) in [5.41, 5.74) is 9.47. The number of hydrogen-bond donors (Lipinski definition) is 2. The van der Waals surface area contributed by atoms with E-state index in [0.717, 1.165) is 31.9 Å². The molecule has 3 N–H and O–H groups in total. The molecule has 0 amide bonds. The normalized spacial score (nSPS) is 14.1. The highest BCUT2D eigenvalue weighted by molar-refractivity contribution is 14.0. The van der Waals surface area contributed by atoms with Gasteiger partial charge in [-0.1, -0.05) is 24.3 Å². The SMILES string of the molecule is COc1ccc(CN=C(N)NCc2ccccc2N2CCOCC2)cc1OC.I. The number of nitrogens with one attached hydrogen (secondary N) is 1. The molecule has 2 aromatic carbocycles. The van der Waals surface area contributed by atoms with Crippen LogP contribution in [0.4, 0.5) is 5.69 Å². The van der Waals surface area contributed by atoms with Gasteiger partial charge in [0.2, 0.25) is 0 Å². The van der Waals surface area contributed by atoms with E-state index in [2.05, 4.69) is 33.4 Å². The van der Waals surface area contributed by atoms with E-state index in [-0.39, 0.29) is 24.0 Å². The number of para-hydroxylation sites is 1. The molecule has 7 nitrogen and oxygen atoms in total. The first kappa shape index (κ1) is 23.1.